The summed E-state index contributed by atoms with van der Waals surface area (Å²) >= 11 is 0. The van der Waals surface area contributed by atoms with Crippen LogP contribution in [0.2, 0.25) is 0 Å². The van der Waals surface area contributed by atoms with Crippen LogP contribution in [-0.2, 0) is 9.47 Å². The maximum atomic E-state index is 12.3. The van der Waals surface area contributed by atoms with Crippen LogP contribution in [0.1, 0.15) is 0 Å². The molecule has 0 spiro atoms. The summed E-state index contributed by atoms with van der Waals surface area (Å²) in [5.74, 6) is 0. The molecule has 0 aromatic rings. The van der Waals surface area contributed by atoms with E-state index < -0.39 is 37.3 Å². The molecule has 14 heteroatoms. The van der Waals surface area contributed by atoms with E-state index in [1.807, 2.05) is 0 Å². The van der Waals surface area contributed by atoms with Gasteiger partial charge in [0.05, 0.1) is 0 Å². The van der Waals surface area contributed by atoms with Crippen LogP contribution in [0.5, 0.6) is 0 Å². The van der Waals surface area contributed by atoms with Crippen molar-refractivity contribution in [3.8, 4) is 0 Å². The minimum absolute atomic E-state index is 2.10. The zero-order chi connectivity index (χ0) is 16.6. The van der Waals surface area contributed by atoms with Gasteiger partial charge >= 0.3 is 24.6 Å². The Morgan fingerprint density at radius 3 is 0.850 bits per heavy atom. The van der Waals surface area contributed by atoms with Crippen molar-refractivity contribution in [2.45, 2.75) is 37.3 Å². The molecule has 2 atom stereocenters. The number of hydrogen-bond donors (Lipinski definition) is 0. The predicted octanol–water partition coefficient (Wildman–Crippen LogP) is 3.92. The Bertz CT molecular complexity index is 287. The topological polar surface area (TPSA) is 18.5 Å². The van der Waals surface area contributed by atoms with Crippen molar-refractivity contribution in [3.63, 3.8) is 0 Å². The highest BCUT2D eigenvalue weighted by atomic mass is 19.4. The van der Waals surface area contributed by atoms with E-state index in [0.29, 0.717) is 0 Å². The maximum absolute atomic E-state index is 12.3. The maximum Gasteiger partial charge on any atom is 0.483 e. The lowest BCUT2D eigenvalue weighted by Gasteiger charge is -2.25. The van der Waals surface area contributed by atoms with E-state index in [1.54, 1.807) is 0 Å². The van der Waals surface area contributed by atoms with Gasteiger partial charge in [-0.3, -0.25) is 9.47 Å². The standard InChI is InChI=1S/C6H2F12O2/c7-1(19-5(15,16)3(9,10)11)2(8)20-6(17,18)4(12,13)14/h1-2H. The van der Waals surface area contributed by atoms with Gasteiger partial charge in [0.1, 0.15) is 0 Å². The molecule has 2 unspecified atom stereocenters. The fourth-order valence-corrected chi connectivity index (χ4v) is 0.523. The van der Waals surface area contributed by atoms with Gasteiger partial charge in [-0.15, -0.1) is 0 Å². The second-order valence-corrected chi connectivity index (χ2v) is 2.97. The largest absolute Gasteiger partial charge is 0.483 e. The average Bonchev–Trinajstić information content (AvgIpc) is 2.12. The number of rotatable bonds is 5. The highest BCUT2D eigenvalue weighted by Crippen LogP contribution is 2.41. The molecule has 0 radical (unpaired) electrons. The zero-order valence-electron chi connectivity index (χ0n) is 8.51. The Hall–Kier alpha value is -0.920. The lowest BCUT2D eigenvalue weighted by Crippen LogP contribution is -2.47. The molecule has 0 aromatic heterocycles. The van der Waals surface area contributed by atoms with Crippen molar-refractivity contribution < 1.29 is 62.2 Å². The van der Waals surface area contributed by atoms with Crippen LogP contribution >= 0.6 is 0 Å². The molecule has 122 valence electrons. The molecule has 0 heterocycles. The number of hydrogen-bond acceptors (Lipinski definition) is 2. The summed E-state index contributed by atoms with van der Waals surface area (Å²) in [5.41, 5.74) is 0. The van der Waals surface area contributed by atoms with Crippen molar-refractivity contribution in [2.75, 3.05) is 0 Å². The molecule has 0 amide bonds. The Morgan fingerprint density at radius 2 is 0.700 bits per heavy atom. The number of halogens is 12. The minimum atomic E-state index is -6.55. The summed E-state index contributed by atoms with van der Waals surface area (Å²) in [6.07, 6.45) is -34.9. The molecule has 20 heavy (non-hydrogen) atoms. The van der Waals surface area contributed by atoms with Gasteiger partial charge in [-0.2, -0.15) is 43.9 Å². The van der Waals surface area contributed by atoms with E-state index in [9.17, 15) is 52.7 Å². The quantitative estimate of drug-likeness (QED) is 0.710. The van der Waals surface area contributed by atoms with Gasteiger partial charge in [0.2, 0.25) is 0 Å². The fourth-order valence-electron chi connectivity index (χ4n) is 0.523. The van der Waals surface area contributed by atoms with Crippen LogP contribution in [0.15, 0.2) is 0 Å². The number of alkyl halides is 12. The highest BCUT2D eigenvalue weighted by molar-refractivity contribution is 4.69. The third kappa shape index (κ3) is 4.57. The van der Waals surface area contributed by atoms with Crippen LogP contribution in [0, 0.1) is 0 Å². The van der Waals surface area contributed by atoms with Gasteiger partial charge in [-0.25, -0.2) is 8.78 Å². The zero-order valence-corrected chi connectivity index (χ0v) is 8.51. The fraction of sp³-hybridized carbons (Fsp3) is 1.00. The minimum Gasteiger partial charge on any atom is -0.273 e. The van der Waals surface area contributed by atoms with Gasteiger partial charge in [0.25, 0.3) is 12.7 Å². The SMILES string of the molecule is FC(OC(F)(F)C(F)(F)F)C(F)OC(F)(F)C(F)(F)F. The molecule has 2 nitrogen and oxygen atoms in total. The number of ether oxygens (including phenoxy) is 2. The first-order valence-electron chi connectivity index (χ1n) is 4.04. The van der Waals surface area contributed by atoms with Crippen molar-refractivity contribution in [2.24, 2.45) is 0 Å². The van der Waals surface area contributed by atoms with E-state index in [4.69, 9.17) is 0 Å². The van der Waals surface area contributed by atoms with Crippen LogP contribution < -0.4 is 0 Å². The van der Waals surface area contributed by atoms with Crippen molar-refractivity contribution in [3.05, 3.63) is 0 Å². The molecule has 0 aromatic carbocycles. The molecule has 0 fully saturated rings. The Balaban J connectivity index is 4.78. The lowest BCUT2D eigenvalue weighted by atomic mass is 10.5. The van der Waals surface area contributed by atoms with Crippen LogP contribution in [-0.4, -0.2) is 37.3 Å². The summed E-state index contributed by atoms with van der Waals surface area (Å²) in [6, 6.07) is 0. The third-order valence-corrected chi connectivity index (χ3v) is 1.39. The van der Waals surface area contributed by atoms with E-state index in [2.05, 4.69) is 9.47 Å². The van der Waals surface area contributed by atoms with Gasteiger partial charge in [-0.05, 0) is 0 Å². The van der Waals surface area contributed by atoms with Crippen LogP contribution in [0.3, 0.4) is 0 Å². The van der Waals surface area contributed by atoms with E-state index in [-0.39, 0.29) is 0 Å². The summed E-state index contributed by atoms with van der Waals surface area (Å²) in [4.78, 5) is 0. The van der Waals surface area contributed by atoms with Crippen molar-refractivity contribution >= 4 is 0 Å². The Labute approximate surface area is 101 Å². The molecule has 0 aliphatic rings. The molecule has 0 aliphatic heterocycles. The molecule has 0 saturated carbocycles. The third-order valence-electron chi connectivity index (χ3n) is 1.39. The van der Waals surface area contributed by atoms with Gasteiger partial charge in [0, 0.05) is 0 Å². The highest BCUT2D eigenvalue weighted by Gasteiger charge is 2.64. The van der Waals surface area contributed by atoms with E-state index in [1.165, 1.54) is 0 Å². The van der Waals surface area contributed by atoms with Crippen molar-refractivity contribution in [1.82, 2.24) is 0 Å². The molecule has 0 aliphatic carbocycles. The predicted molar refractivity (Wildman–Crippen MR) is 34.0 cm³/mol. The van der Waals surface area contributed by atoms with Crippen LogP contribution in [0.25, 0.3) is 0 Å². The van der Waals surface area contributed by atoms with Crippen LogP contribution in [0.4, 0.5) is 52.7 Å². The van der Waals surface area contributed by atoms with Gasteiger partial charge < -0.3 is 0 Å². The summed E-state index contributed by atoms with van der Waals surface area (Å²) in [7, 11) is 0. The van der Waals surface area contributed by atoms with E-state index in [0.717, 1.165) is 0 Å². The molecular formula is C6H2F12O2. The average molecular weight is 334 g/mol. The molecule has 0 rings (SSSR count). The summed E-state index contributed by atoms with van der Waals surface area (Å²) in [5, 5.41) is 0. The Kier molecular flexibility index (Phi) is 5.21. The second kappa shape index (κ2) is 5.46. The molecule has 0 saturated heterocycles. The normalized spacial score (nSPS) is 18.0. The Morgan fingerprint density at radius 1 is 0.500 bits per heavy atom. The van der Waals surface area contributed by atoms with Gasteiger partial charge in [0.15, 0.2) is 0 Å². The smallest absolute Gasteiger partial charge is 0.273 e. The van der Waals surface area contributed by atoms with E-state index >= 15 is 0 Å². The second-order valence-electron chi connectivity index (χ2n) is 2.97. The van der Waals surface area contributed by atoms with Gasteiger partial charge in [-0.1, -0.05) is 0 Å². The molecule has 0 N–H and O–H groups in total. The summed E-state index contributed by atoms with van der Waals surface area (Å²) < 4.78 is 146. The van der Waals surface area contributed by atoms with Crippen molar-refractivity contribution in [1.29, 1.82) is 0 Å². The lowest BCUT2D eigenvalue weighted by molar-refractivity contribution is -0.454. The summed E-state index contributed by atoms with van der Waals surface area (Å²) in [6.45, 7) is 0. The first kappa shape index (κ1) is 19.1. The first-order valence-corrected chi connectivity index (χ1v) is 4.04. The molecule has 0 bridgehead atoms. The molecular weight excluding hydrogens is 332 g/mol. The first-order chi connectivity index (χ1) is 8.51. The monoisotopic (exact) mass is 334 g/mol.